The van der Waals surface area contributed by atoms with Gasteiger partial charge in [-0.1, -0.05) is 0 Å². The minimum absolute atomic E-state index is 0.183. The van der Waals surface area contributed by atoms with Crippen LogP contribution in [-0.4, -0.2) is 33.9 Å². The first-order chi connectivity index (χ1) is 8.50. The van der Waals surface area contributed by atoms with Crippen LogP contribution in [0.5, 0.6) is 0 Å². The second-order valence-electron chi connectivity index (χ2n) is 4.68. The first-order valence-corrected chi connectivity index (χ1v) is 6.03. The largest absolute Gasteiger partial charge is 0.397 e. The third-order valence-electron chi connectivity index (χ3n) is 3.34. The van der Waals surface area contributed by atoms with Crippen molar-refractivity contribution < 1.29 is 9.59 Å². The molecule has 98 valence electrons. The molecule has 2 heterocycles. The lowest BCUT2D eigenvalue weighted by Crippen LogP contribution is -2.50. The molecule has 0 aromatic carbocycles. The molecule has 1 aromatic heterocycles. The highest BCUT2D eigenvalue weighted by Gasteiger charge is 2.32. The maximum atomic E-state index is 12.4. The summed E-state index contributed by atoms with van der Waals surface area (Å²) in [6.07, 6.45) is 4.14. The van der Waals surface area contributed by atoms with Gasteiger partial charge in [0.1, 0.15) is 11.7 Å². The molecule has 1 aliphatic rings. The average molecular weight is 250 g/mol. The van der Waals surface area contributed by atoms with E-state index in [-0.39, 0.29) is 5.91 Å². The second kappa shape index (κ2) is 4.72. The molecule has 0 saturated carbocycles. The lowest BCUT2D eigenvalue weighted by molar-refractivity contribution is -0.123. The van der Waals surface area contributed by atoms with Crippen LogP contribution in [0.3, 0.4) is 0 Å². The molecule has 6 heteroatoms. The third-order valence-corrected chi connectivity index (χ3v) is 3.34. The van der Waals surface area contributed by atoms with E-state index in [9.17, 15) is 9.59 Å². The van der Waals surface area contributed by atoms with E-state index < -0.39 is 11.9 Å². The number of amides is 2. The Morgan fingerprint density at radius 3 is 2.67 bits per heavy atom. The lowest BCUT2D eigenvalue weighted by Gasteiger charge is -2.33. The van der Waals surface area contributed by atoms with Crippen LogP contribution >= 0.6 is 0 Å². The molecule has 2 amide bonds. The van der Waals surface area contributed by atoms with Gasteiger partial charge in [0.05, 0.1) is 5.69 Å². The number of aromatic nitrogens is 1. The molecule has 0 bridgehead atoms. The van der Waals surface area contributed by atoms with E-state index in [0.29, 0.717) is 24.3 Å². The van der Waals surface area contributed by atoms with Gasteiger partial charge in [-0.3, -0.25) is 9.59 Å². The van der Waals surface area contributed by atoms with Crippen molar-refractivity contribution in [3.63, 3.8) is 0 Å². The van der Waals surface area contributed by atoms with Gasteiger partial charge in [-0.05, 0) is 25.3 Å². The van der Waals surface area contributed by atoms with Crippen LogP contribution in [-0.2, 0) is 11.8 Å². The molecular weight excluding hydrogens is 232 g/mol. The van der Waals surface area contributed by atoms with E-state index in [0.717, 1.165) is 12.8 Å². The zero-order valence-electron chi connectivity index (χ0n) is 10.4. The number of anilines is 1. The number of aryl methyl sites for hydroxylation is 1. The maximum absolute atomic E-state index is 12.4. The van der Waals surface area contributed by atoms with Gasteiger partial charge in [0.15, 0.2) is 0 Å². The normalized spacial score (nSPS) is 19.8. The number of rotatable bonds is 2. The summed E-state index contributed by atoms with van der Waals surface area (Å²) in [5.41, 5.74) is 12.0. The number of piperidine rings is 1. The molecule has 0 aliphatic carbocycles. The SMILES string of the molecule is Cn1cc(N)cc1C(=O)N1CCCCC1C(N)=O. The Morgan fingerprint density at radius 1 is 1.39 bits per heavy atom. The predicted molar refractivity (Wildman–Crippen MR) is 67.7 cm³/mol. The van der Waals surface area contributed by atoms with Crippen molar-refractivity contribution in [2.75, 3.05) is 12.3 Å². The maximum Gasteiger partial charge on any atom is 0.271 e. The zero-order valence-corrected chi connectivity index (χ0v) is 10.4. The molecular formula is C12H18N4O2. The predicted octanol–water partition coefficient (Wildman–Crippen LogP) is 0.0873. The Bertz CT molecular complexity index is 480. The van der Waals surface area contributed by atoms with E-state index in [4.69, 9.17) is 11.5 Å². The van der Waals surface area contributed by atoms with Crippen LogP contribution in [0.1, 0.15) is 29.8 Å². The standard InChI is InChI=1S/C12H18N4O2/c1-15-7-8(13)6-10(15)12(18)16-5-3-2-4-9(16)11(14)17/h6-7,9H,2-5,13H2,1H3,(H2,14,17). The first kappa shape index (κ1) is 12.5. The van der Waals surface area contributed by atoms with Crippen LogP contribution in [0.4, 0.5) is 5.69 Å². The Hall–Kier alpha value is -1.98. The Kier molecular flexibility index (Phi) is 3.27. The molecule has 18 heavy (non-hydrogen) atoms. The topological polar surface area (TPSA) is 94.3 Å². The first-order valence-electron chi connectivity index (χ1n) is 6.03. The molecule has 1 saturated heterocycles. The molecule has 1 atom stereocenters. The van der Waals surface area contributed by atoms with E-state index in [1.54, 1.807) is 28.8 Å². The number of nitrogens with zero attached hydrogens (tertiary/aromatic N) is 2. The number of nitrogens with two attached hydrogens (primary N) is 2. The summed E-state index contributed by atoms with van der Waals surface area (Å²) in [6.45, 7) is 0.567. The Morgan fingerprint density at radius 2 is 2.11 bits per heavy atom. The highest BCUT2D eigenvalue weighted by molar-refractivity contribution is 5.97. The fourth-order valence-electron chi connectivity index (χ4n) is 2.42. The van der Waals surface area contributed by atoms with E-state index in [2.05, 4.69) is 0 Å². The van der Waals surface area contributed by atoms with Crippen molar-refractivity contribution in [2.24, 2.45) is 12.8 Å². The van der Waals surface area contributed by atoms with Gasteiger partial charge in [0, 0.05) is 19.8 Å². The Balaban J connectivity index is 2.26. The van der Waals surface area contributed by atoms with Crippen molar-refractivity contribution >= 4 is 17.5 Å². The molecule has 0 radical (unpaired) electrons. The second-order valence-corrected chi connectivity index (χ2v) is 4.68. The van der Waals surface area contributed by atoms with E-state index in [1.165, 1.54) is 0 Å². The molecule has 1 unspecified atom stereocenters. The smallest absolute Gasteiger partial charge is 0.271 e. The highest BCUT2D eigenvalue weighted by Crippen LogP contribution is 2.20. The monoisotopic (exact) mass is 250 g/mol. The van der Waals surface area contributed by atoms with Crippen molar-refractivity contribution in [3.05, 3.63) is 18.0 Å². The third kappa shape index (κ3) is 2.18. The molecule has 0 spiro atoms. The number of carbonyl (C=O) groups is 2. The molecule has 6 nitrogen and oxygen atoms in total. The molecule has 1 fully saturated rings. The average Bonchev–Trinajstić information content (AvgIpc) is 2.67. The van der Waals surface area contributed by atoms with Crippen LogP contribution in [0, 0.1) is 0 Å². The molecule has 4 N–H and O–H groups in total. The number of hydrogen-bond donors (Lipinski definition) is 2. The summed E-state index contributed by atoms with van der Waals surface area (Å²) >= 11 is 0. The number of carbonyl (C=O) groups excluding carboxylic acids is 2. The summed E-state index contributed by atoms with van der Waals surface area (Å²) in [7, 11) is 1.76. The highest BCUT2D eigenvalue weighted by atomic mass is 16.2. The molecule has 1 aliphatic heterocycles. The number of hydrogen-bond acceptors (Lipinski definition) is 3. The van der Waals surface area contributed by atoms with Crippen LogP contribution in [0.2, 0.25) is 0 Å². The van der Waals surface area contributed by atoms with Gasteiger partial charge in [-0.25, -0.2) is 0 Å². The Labute approximate surface area is 106 Å². The summed E-state index contributed by atoms with van der Waals surface area (Å²) in [5, 5.41) is 0. The number of likely N-dealkylation sites (tertiary alicyclic amines) is 1. The van der Waals surface area contributed by atoms with Crippen LogP contribution < -0.4 is 11.5 Å². The lowest BCUT2D eigenvalue weighted by atomic mass is 10.0. The van der Waals surface area contributed by atoms with E-state index in [1.807, 2.05) is 0 Å². The summed E-state index contributed by atoms with van der Waals surface area (Å²) in [5.74, 6) is -0.622. The van der Waals surface area contributed by atoms with Crippen molar-refractivity contribution in [1.82, 2.24) is 9.47 Å². The van der Waals surface area contributed by atoms with Gasteiger partial charge < -0.3 is 20.9 Å². The van der Waals surface area contributed by atoms with Gasteiger partial charge in [-0.15, -0.1) is 0 Å². The fourth-order valence-corrected chi connectivity index (χ4v) is 2.42. The van der Waals surface area contributed by atoms with Gasteiger partial charge in [0.25, 0.3) is 5.91 Å². The number of nitrogen functional groups attached to an aromatic ring is 1. The molecule has 2 rings (SSSR count). The van der Waals surface area contributed by atoms with Crippen LogP contribution in [0.25, 0.3) is 0 Å². The van der Waals surface area contributed by atoms with Gasteiger partial charge in [0.2, 0.25) is 5.91 Å². The van der Waals surface area contributed by atoms with Gasteiger partial charge in [-0.2, -0.15) is 0 Å². The van der Waals surface area contributed by atoms with Crippen molar-refractivity contribution in [1.29, 1.82) is 0 Å². The van der Waals surface area contributed by atoms with E-state index >= 15 is 0 Å². The quantitative estimate of drug-likeness (QED) is 0.778. The van der Waals surface area contributed by atoms with Crippen molar-refractivity contribution in [2.45, 2.75) is 25.3 Å². The zero-order chi connectivity index (χ0) is 13.3. The molecule has 1 aromatic rings. The minimum atomic E-state index is -0.498. The minimum Gasteiger partial charge on any atom is -0.397 e. The summed E-state index contributed by atoms with van der Waals surface area (Å²) in [4.78, 5) is 25.3. The van der Waals surface area contributed by atoms with Gasteiger partial charge >= 0.3 is 0 Å². The summed E-state index contributed by atoms with van der Waals surface area (Å²) in [6, 6.07) is 1.12. The van der Waals surface area contributed by atoms with Crippen LogP contribution in [0.15, 0.2) is 12.3 Å². The summed E-state index contributed by atoms with van der Waals surface area (Å²) < 4.78 is 1.67. The van der Waals surface area contributed by atoms with Crippen molar-refractivity contribution in [3.8, 4) is 0 Å². The fraction of sp³-hybridized carbons (Fsp3) is 0.500. The number of primary amides is 1.